The van der Waals surface area contributed by atoms with Crippen molar-refractivity contribution in [2.24, 2.45) is 11.3 Å². The van der Waals surface area contributed by atoms with Crippen LogP contribution < -0.4 is 26.6 Å². The number of amides is 7. The Labute approximate surface area is 391 Å². The topological polar surface area (TPSA) is 225 Å². The van der Waals surface area contributed by atoms with E-state index in [2.05, 4.69) is 26.6 Å². The predicted octanol–water partition coefficient (Wildman–Crippen LogP) is 5.41. The summed E-state index contributed by atoms with van der Waals surface area (Å²) in [6.45, 7) is 12.3. The Hall–Kier alpha value is -6.01. The van der Waals surface area contributed by atoms with Gasteiger partial charge in [0.15, 0.2) is 0 Å². The summed E-state index contributed by atoms with van der Waals surface area (Å²) in [6.07, 6.45) is -2.17. The van der Waals surface area contributed by atoms with Crippen molar-refractivity contribution in [3.63, 3.8) is 0 Å². The van der Waals surface area contributed by atoms with E-state index in [0.717, 1.165) is 5.56 Å². The van der Waals surface area contributed by atoms with Gasteiger partial charge in [0.25, 0.3) is 5.92 Å². The van der Waals surface area contributed by atoms with E-state index >= 15 is 8.78 Å². The molecule has 4 rings (SSSR count). The average molecular weight is 942 g/mol. The highest BCUT2D eigenvalue weighted by Gasteiger charge is 2.64. The van der Waals surface area contributed by atoms with Gasteiger partial charge in [0.1, 0.15) is 35.4 Å². The van der Waals surface area contributed by atoms with Crippen LogP contribution in [0.3, 0.4) is 0 Å². The summed E-state index contributed by atoms with van der Waals surface area (Å²) < 4.78 is 41.7. The Balaban J connectivity index is 1.55. The van der Waals surface area contributed by atoms with Crippen LogP contribution in [-0.2, 0) is 41.5 Å². The molecule has 2 aromatic rings. The van der Waals surface area contributed by atoms with Crippen LogP contribution in [0.2, 0.25) is 0 Å². The van der Waals surface area contributed by atoms with Gasteiger partial charge in [-0.05, 0) is 90.7 Å². The van der Waals surface area contributed by atoms with Gasteiger partial charge in [-0.15, -0.1) is 0 Å². The first-order valence-electron chi connectivity index (χ1n) is 22.9. The number of carbonyl (C=O) groups excluding carboxylic acids is 6. The normalized spacial score (nSPS) is 17.2. The number of hydrogen-bond acceptors (Lipinski definition) is 9. The smallest absolute Gasteiger partial charge is 0.408 e. The first-order chi connectivity index (χ1) is 31.3. The Morgan fingerprint density at radius 3 is 1.63 bits per heavy atom. The number of carboxylic acid groups (broad SMARTS) is 1. The van der Waals surface area contributed by atoms with E-state index in [1.165, 1.54) is 4.90 Å². The van der Waals surface area contributed by atoms with E-state index in [0.29, 0.717) is 23.3 Å². The molecular weight excluding hydrogens is 873 g/mol. The fourth-order valence-corrected chi connectivity index (χ4v) is 7.95. The third-order valence-corrected chi connectivity index (χ3v) is 11.3. The van der Waals surface area contributed by atoms with E-state index in [1.807, 2.05) is 19.9 Å². The number of unbranched alkanes of at least 4 members (excludes halogenated alkanes) is 1. The number of nitrogens with one attached hydrogen (secondary N) is 5. The molecule has 2 aliphatic rings. The van der Waals surface area contributed by atoms with E-state index in [9.17, 15) is 38.7 Å². The Bertz CT molecular complexity index is 2020. The minimum Gasteiger partial charge on any atom is -0.465 e. The number of piperidine rings is 1. The average Bonchev–Trinajstić information content (AvgIpc) is 3.20. The molecule has 370 valence electrons. The fraction of sp³-hybridized carbons (Fsp3) is 0.604. The minimum absolute atomic E-state index is 0.00291. The summed E-state index contributed by atoms with van der Waals surface area (Å²) >= 11 is 0. The van der Waals surface area contributed by atoms with Crippen LogP contribution in [0.25, 0.3) is 0 Å². The van der Waals surface area contributed by atoms with E-state index in [1.54, 1.807) is 96.1 Å². The summed E-state index contributed by atoms with van der Waals surface area (Å²) in [4.78, 5) is 95.5. The maximum absolute atomic E-state index is 15.5. The molecule has 2 fully saturated rings. The minimum atomic E-state index is -3.40. The number of rotatable bonds is 19. The van der Waals surface area contributed by atoms with Crippen LogP contribution in [0.4, 0.5) is 23.2 Å². The fourth-order valence-electron chi connectivity index (χ4n) is 7.95. The molecule has 0 aromatic heterocycles. The van der Waals surface area contributed by atoms with Crippen LogP contribution in [0.1, 0.15) is 98.6 Å². The summed E-state index contributed by atoms with van der Waals surface area (Å²) in [6, 6.07) is 13.0. The molecule has 0 saturated carbocycles. The van der Waals surface area contributed by atoms with Gasteiger partial charge in [0, 0.05) is 39.0 Å². The van der Waals surface area contributed by atoms with Crippen LogP contribution in [0, 0.1) is 11.3 Å². The van der Waals surface area contributed by atoms with Crippen LogP contribution in [-0.4, -0.2) is 131 Å². The number of likely N-dealkylation sites (tertiary alicyclic amines) is 2. The number of hydrogen-bond donors (Lipinski definition) is 6. The summed E-state index contributed by atoms with van der Waals surface area (Å²) in [5, 5.41) is 23.0. The van der Waals surface area contributed by atoms with Gasteiger partial charge in [0.2, 0.25) is 23.6 Å². The van der Waals surface area contributed by atoms with Crippen molar-refractivity contribution in [1.82, 2.24) is 36.4 Å². The van der Waals surface area contributed by atoms with Crippen molar-refractivity contribution in [1.29, 1.82) is 0 Å². The second-order valence-corrected chi connectivity index (χ2v) is 19.9. The predicted molar refractivity (Wildman–Crippen MR) is 245 cm³/mol. The Morgan fingerprint density at radius 1 is 0.657 bits per heavy atom. The molecule has 0 radical (unpaired) electrons. The largest absolute Gasteiger partial charge is 0.465 e. The van der Waals surface area contributed by atoms with Gasteiger partial charge in [-0.2, -0.15) is 0 Å². The number of nitrogens with zero attached hydrogens (tertiary/aromatic N) is 2. The highest BCUT2D eigenvalue weighted by molar-refractivity contribution is 5.95. The lowest BCUT2D eigenvalue weighted by atomic mass is 9.69. The quantitative estimate of drug-likeness (QED) is 0.0983. The molecular formula is C48H69F2N7O10. The lowest BCUT2D eigenvalue weighted by Crippen LogP contribution is -2.72. The zero-order valence-corrected chi connectivity index (χ0v) is 39.9. The first-order valence-corrected chi connectivity index (χ1v) is 22.9. The molecule has 6 N–H and O–H groups in total. The maximum Gasteiger partial charge on any atom is 0.408 e. The molecule has 2 aliphatic heterocycles. The molecule has 2 aromatic carbocycles. The Kier molecular flexibility index (Phi) is 18.5. The molecule has 7 amide bonds. The molecule has 4 atom stereocenters. The molecule has 0 aliphatic carbocycles. The molecule has 2 heterocycles. The lowest BCUT2D eigenvalue weighted by Gasteiger charge is -2.57. The lowest BCUT2D eigenvalue weighted by molar-refractivity contribution is -0.220. The van der Waals surface area contributed by atoms with E-state index in [-0.39, 0.29) is 64.2 Å². The third kappa shape index (κ3) is 16.7. The SMILES string of the molecule is CC(C)CC(NC(=O)C(Cc1ccccc1)NC(=O)C(Cc1ccccc1)NC(=O)OC(C)(C)C)C(=O)NC(CCCCNC(=O)OC(C)(C)C)C(=O)N1CC2(CCN(C(=O)O)CC2(F)F)C1. The van der Waals surface area contributed by atoms with Crippen molar-refractivity contribution in [3.8, 4) is 0 Å². The van der Waals surface area contributed by atoms with Gasteiger partial charge in [-0.1, -0.05) is 74.5 Å². The van der Waals surface area contributed by atoms with Crippen molar-refractivity contribution in [2.45, 2.75) is 142 Å². The summed E-state index contributed by atoms with van der Waals surface area (Å²) in [5.74, 6) is -6.31. The second-order valence-electron chi connectivity index (χ2n) is 19.9. The maximum atomic E-state index is 15.5. The third-order valence-electron chi connectivity index (χ3n) is 11.3. The first kappa shape index (κ1) is 53.6. The molecule has 19 heteroatoms. The van der Waals surface area contributed by atoms with Crippen LogP contribution >= 0.6 is 0 Å². The summed E-state index contributed by atoms with van der Waals surface area (Å²) in [5.41, 5.74) is -1.80. The molecule has 2 saturated heterocycles. The molecule has 17 nitrogen and oxygen atoms in total. The molecule has 67 heavy (non-hydrogen) atoms. The zero-order chi connectivity index (χ0) is 49.7. The van der Waals surface area contributed by atoms with E-state index < -0.39 is 95.2 Å². The monoisotopic (exact) mass is 942 g/mol. The Morgan fingerprint density at radius 2 is 1.13 bits per heavy atom. The number of benzene rings is 2. The number of carbonyl (C=O) groups is 7. The number of ether oxygens (including phenoxy) is 2. The van der Waals surface area contributed by atoms with Gasteiger partial charge in [-0.25, -0.2) is 23.2 Å². The molecule has 0 bridgehead atoms. The second kappa shape index (κ2) is 23.1. The van der Waals surface area contributed by atoms with Gasteiger partial charge >= 0.3 is 18.3 Å². The number of halogens is 2. The molecule has 1 spiro atoms. The van der Waals surface area contributed by atoms with Crippen LogP contribution in [0.15, 0.2) is 60.7 Å². The highest BCUT2D eigenvalue weighted by atomic mass is 19.3. The molecule has 4 unspecified atom stereocenters. The zero-order valence-electron chi connectivity index (χ0n) is 39.9. The van der Waals surface area contributed by atoms with Gasteiger partial charge < -0.3 is 51.0 Å². The number of alkyl carbamates (subject to hydrolysis) is 2. The summed E-state index contributed by atoms with van der Waals surface area (Å²) in [7, 11) is 0. The van der Waals surface area contributed by atoms with Crippen molar-refractivity contribution < 1.29 is 56.9 Å². The van der Waals surface area contributed by atoms with Gasteiger partial charge in [-0.3, -0.25) is 19.2 Å². The van der Waals surface area contributed by atoms with Crippen molar-refractivity contribution in [2.75, 3.05) is 32.7 Å². The highest BCUT2D eigenvalue weighted by Crippen LogP contribution is 2.50. The van der Waals surface area contributed by atoms with Crippen LogP contribution in [0.5, 0.6) is 0 Å². The van der Waals surface area contributed by atoms with Crippen molar-refractivity contribution in [3.05, 3.63) is 71.8 Å². The van der Waals surface area contributed by atoms with E-state index in [4.69, 9.17) is 9.47 Å². The van der Waals surface area contributed by atoms with Gasteiger partial charge in [0.05, 0.1) is 12.0 Å². The van der Waals surface area contributed by atoms with Crippen molar-refractivity contribution >= 4 is 41.9 Å². The number of alkyl halides is 2. The standard InChI is InChI=1S/C48H69F2N7O10/c1-31(2)25-35(53-39(59)36(26-32-17-11-9-12-18-32)54-40(60)37(27-33-19-13-10-14-20-33)55-43(63)67-46(6,7)8)38(58)52-34(21-15-16-23-51-42(62)66-45(3,4)5)41(61)57-28-47(29-57)22-24-56(44(64)65)30-48(47,49)50/h9-14,17-20,31,34-37H,15-16,21-30H2,1-8H3,(H,51,62)(H,52,58)(H,53,59)(H,54,60)(H,55,63)(H,64,65).